The molecule has 3 rings (SSSR count). The molecule has 1 heterocycles. The fraction of sp³-hybridized carbons (Fsp3) is 0.222. The number of rotatable bonds is 6. The number of benzene rings is 2. The number of thiazole rings is 1. The van der Waals surface area contributed by atoms with Crippen LogP contribution in [-0.2, 0) is 4.79 Å². The number of hydrogen-bond acceptors (Lipinski definition) is 5. The topological polar surface area (TPSA) is 51.2 Å². The van der Waals surface area contributed by atoms with Crippen LogP contribution in [0.2, 0.25) is 0 Å². The molecular formula is C18H18N2O2S2. The zero-order chi connectivity index (χ0) is 16.9. The number of carbonyl (C=O) groups is 1. The quantitative estimate of drug-likeness (QED) is 0.647. The van der Waals surface area contributed by atoms with Crippen LogP contribution in [0, 0.1) is 6.92 Å². The molecule has 0 saturated heterocycles. The molecule has 3 aromatic rings. The molecule has 0 aliphatic carbocycles. The monoisotopic (exact) mass is 358 g/mol. The third-order valence-corrected chi connectivity index (χ3v) is 5.42. The number of thioether (sulfide) groups is 1. The minimum absolute atomic E-state index is 0.0207. The van der Waals surface area contributed by atoms with Crippen LogP contribution < -0.4 is 10.1 Å². The van der Waals surface area contributed by atoms with Gasteiger partial charge in [-0.05, 0) is 31.2 Å². The molecule has 0 spiro atoms. The van der Waals surface area contributed by atoms with Crippen molar-refractivity contribution in [3.63, 3.8) is 0 Å². The van der Waals surface area contributed by atoms with Gasteiger partial charge in [-0.3, -0.25) is 4.79 Å². The third kappa shape index (κ3) is 4.07. The number of carbonyl (C=O) groups excluding carboxylic acids is 1. The molecule has 0 aliphatic rings. The van der Waals surface area contributed by atoms with Crippen LogP contribution in [0.1, 0.15) is 12.0 Å². The van der Waals surface area contributed by atoms with Gasteiger partial charge < -0.3 is 10.1 Å². The minimum Gasteiger partial charge on any atom is -0.494 e. The first kappa shape index (κ1) is 16.8. The first-order valence-electron chi connectivity index (χ1n) is 7.58. The van der Waals surface area contributed by atoms with E-state index < -0.39 is 0 Å². The maximum absolute atomic E-state index is 12.1. The van der Waals surface area contributed by atoms with Crippen LogP contribution in [0.15, 0.2) is 47.4 Å². The van der Waals surface area contributed by atoms with Gasteiger partial charge in [-0.2, -0.15) is 0 Å². The van der Waals surface area contributed by atoms with Crippen molar-refractivity contribution < 1.29 is 9.53 Å². The number of amides is 1. The average Bonchev–Trinajstić information content (AvgIpc) is 2.98. The molecule has 0 radical (unpaired) electrons. The zero-order valence-electron chi connectivity index (χ0n) is 13.5. The van der Waals surface area contributed by atoms with Crippen molar-refractivity contribution in [1.82, 2.24) is 4.98 Å². The second-order valence-electron chi connectivity index (χ2n) is 5.29. The predicted octanol–water partition coefficient (Wildman–Crippen LogP) is 4.73. The van der Waals surface area contributed by atoms with Crippen LogP contribution in [0.4, 0.5) is 5.13 Å². The Labute approximate surface area is 149 Å². The summed E-state index contributed by atoms with van der Waals surface area (Å²) in [5, 5.41) is 3.49. The van der Waals surface area contributed by atoms with Gasteiger partial charge in [0, 0.05) is 17.1 Å². The first-order chi connectivity index (χ1) is 11.7. The molecule has 0 saturated carbocycles. The Hall–Kier alpha value is -2.05. The number of hydrogen-bond donors (Lipinski definition) is 1. The molecule has 0 unspecified atom stereocenters. The SMILES string of the molecule is COc1cccc2sc(NC(=O)CCSc3ccc(C)cc3)nc12. The molecule has 0 bridgehead atoms. The molecule has 0 fully saturated rings. The highest BCUT2D eigenvalue weighted by Gasteiger charge is 2.11. The molecule has 1 amide bonds. The van der Waals surface area contributed by atoms with Gasteiger partial charge in [0.05, 0.1) is 11.8 Å². The van der Waals surface area contributed by atoms with Crippen molar-refractivity contribution in [2.24, 2.45) is 0 Å². The van der Waals surface area contributed by atoms with E-state index in [-0.39, 0.29) is 5.91 Å². The largest absolute Gasteiger partial charge is 0.494 e. The number of ether oxygens (including phenoxy) is 1. The van der Waals surface area contributed by atoms with Crippen LogP contribution in [0.5, 0.6) is 5.75 Å². The number of aromatic nitrogens is 1. The van der Waals surface area contributed by atoms with Gasteiger partial charge in [-0.15, -0.1) is 11.8 Å². The van der Waals surface area contributed by atoms with Crippen LogP contribution >= 0.6 is 23.1 Å². The van der Waals surface area contributed by atoms with Gasteiger partial charge in [-0.25, -0.2) is 4.98 Å². The Bertz CT molecular complexity index is 844. The van der Waals surface area contributed by atoms with Crippen LogP contribution in [0.3, 0.4) is 0 Å². The molecule has 0 aliphatic heterocycles. The summed E-state index contributed by atoms with van der Waals surface area (Å²) in [6.07, 6.45) is 0.450. The van der Waals surface area contributed by atoms with Gasteiger partial charge in [0.25, 0.3) is 0 Å². The summed E-state index contributed by atoms with van der Waals surface area (Å²) in [7, 11) is 1.62. The number of nitrogens with one attached hydrogen (secondary N) is 1. The second kappa shape index (κ2) is 7.68. The summed E-state index contributed by atoms with van der Waals surface area (Å²) in [4.78, 5) is 17.7. The highest BCUT2D eigenvalue weighted by atomic mass is 32.2. The Morgan fingerprint density at radius 2 is 2.04 bits per heavy atom. The van der Waals surface area contributed by atoms with E-state index in [4.69, 9.17) is 4.74 Å². The van der Waals surface area contributed by atoms with Crippen molar-refractivity contribution >= 4 is 44.4 Å². The Kier molecular flexibility index (Phi) is 5.37. The van der Waals surface area contributed by atoms with Gasteiger partial charge in [0.1, 0.15) is 11.3 Å². The van der Waals surface area contributed by atoms with Gasteiger partial charge in [-0.1, -0.05) is 35.1 Å². The summed E-state index contributed by atoms with van der Waals surface area (Å²) >= 11 is 3.14. The summed E-state index contributed by atoms with van der Waals surface area (Å²) in [6.45, 7) is 2.06. The van der Waals surface area contributed by atoms with Gasteiger partial charge in [0.2, 0.25) is 5.91 Å². The molecule has 0 atom stereocenters. The Morgan fingerprint density at radius 3 is 2.79 bits per heavy atom. The van der Waals surface area contributed by atoms with E-state index >= 15 is 0 Å². The van der Waals surface area contributed by atoms with E-state index in [1.807, 2.05) is 18.2 Å². The number of aryl methyl sites for hydroxylation is 1. The number of anilines is 1. The predicted molar refractivity (Wildman–Crippen MR) is 101 cm³/mol. The smallest absolute Gasteiger partial charge is 0.226 e. The normalized spacial score (nSPS) is 10.8. The summed E-state index contributed by atoms with van der Waals surface area (Å²) in [6, 6.07) is 14.1. The molecule has 1 aromatic heterocycles. The van der Waals surface area contributed by atoms with Crippen molar-refractivity contribution in [2.75, 3.05) is 18.2 Å². The molecule has 1 N–H and O–H groups in total. The molecule has 2 aromatic carbocycles. The van der Waals surface area contributed by atoms with E-state index in [1.165, 1.54) is 21.8 Å². The lowest BCUT2D eigenvalue weighted by atomic mass is 10.2. The van der Waals surface area contributed by atoms with E-state index in [9.17, 15) is 4.79 Å². The molecule has 24 heavy (non-hydrogen) atoms. The second-order valence-corrected chi connectivity index (χ2v) is 7.48. The molecular weight excluding hydrogens is 340 g/mol. The maximum atomic E-state index is 12.1. The van der Waals surface area contributed by atoms with Crippen molar-refractivity contribution in [3.05, 3.63) is 48.0 Å². The summed E-state index contributed by atoms with van der Waals surface area (Å²) < 4.78 is 6.29. The maximum Gasteiger partial charge on any atom is 0.226 e. The lowest BCUT2D eigenvalue weighted by Gasteiger charge is -2.03. The van der Waals surface area contributed by atoms with Crippen molar-refractivity contribution in [3.8, 4) is 5.75 Å². The molecule has 124 valence electrons. The third-order valence-electron chi connectivity index (χ3n) is 3.47. The van der Waals surface area contributed by atoms with E-state index in [0.29, 0.717) is 11.6 Å². The number of nitrogens with zero attached hydrogens (tertiary/aromatic N) is 1. The fourth-order valence-corrected chi connectivity index (χ4v) is 3.97. The Balaban J connectivity index is 1.56. The lowest BCUT2D eigenvalue weighted by Crippen LogP contribution is -2.11. The van der Waals surface area contributed by atoms with E-state index in [0.717, 1.165) is 21.7 Å². The average molecular weight is 358 g/mol. The summed E-state index contributed by atoms with van der Waals surface area (Å²) in [5.74, 6) is 1.44. The minimum atomic E-state index is -0.0207. The standard InChI is InChI=1S/C18H18N2O2S2/c1-12-6-8-13(9-7-12)23-11-10-16(21)19-18-20-17-14(22-2)4-3-5-15(17)24-18/h3-9H,10-11H2,1-2H3,(H,19,20,21). The van der Waals surface area contributed by atoms with Gasteiger partial charge in [0.15, 0.2) is 5.13 Å². The van der Waals surface area contributed by atoms with Crippen LogP contribution in [-0.4, -0.2) is 23.8 Å². The Morgan fingerprint density at radius 1 is 1.25 bits per heavy atom. The van der Waals surface area contributed by atoms with Crippen molar-refractivity contribution in [2.45, 2.75) is 18.2 Å². The number of para-hydroxylation sites is 1. The lowest BCUT2D eigenvalue weighted by molar-refractivity contribution is -0.115. The highest BCUT2D eigenvalue weighted by molar-refractivity contribution is 7.99. The van der Waals surface area contributed by atoms with Gasteiger partial charge >= 0.3 is 0 Å². The number of methoxy groups -OCH3 is 1. The first-order valence-corrected chi connectivity index (χ1v) is 9.39. The fourth-order valence-electron chi connectivity index (χ4n) is 2.22. The molecule has 4 nitrogen and oxygen atoms in total. The summed E-state index contributed by atoms with van der Waals surface area (Å²) in [5.41, 5.74) is 2.03. The molecule has 6 heteroatoms. The van der Waals surface area contributed by atoms with E-state index in [2.05, 4.69) is 41.5 Å². The highest BCUT2D eigenvalue weighted by Crippen LogP contribution is 2.32. The zero-order valence-corrected chi connectivity index (χ0v) is 15.2. The number of fused-ring (bicyclic) bond motifs is 1. The van der Waals surface area contributed by atoms with Crippen LogP contribution in [0.25, 0.3) is 10.2 Å². The van der Waals surface area contributed by atoms with Crippen molar-refractivity contribution in [1.29, 1.82) is 0 Å². The van der Waals surface area contributed by atoms with E-state index in [1.54, 1.807) is 18.9 Å².